The van der Waals surface area contributed by atoms with Gasteiger partial charge < -0.3 is 20.1 Å². The molecule has 3 aromatic carbocycles. The molecule has 0 unspecified atom stereocenters. The van der Waals surface area contributed by atoms with Crippen molar-refractivity contribution in [2.24, 2.45) is 0 Å². The summed E-state index contributed by atoms with van der Waals surface area (Å²) in [5.74, 6) is 0.350. The first-order valence-corrected chi connectivity index (χ1v) is 8.90. The summed E-state index contributed by atoms with van der Waals surface area (Å²) >= 11 is 0. The van der Waals surface area contributed by atoms with E-state index in [0.29, 0.717) is 17.0 Å². The van der Waals surface area contributed by atoms with E-state index in [-0.39, 0.29) is 5.70 Å². The Labute approximate surface area is 168 Å². The lowest BCUT2D eigenvalue weighted by Crippen LogP contribution is -2.28. The molecule has 0 saturated carbocycles. The SMILES string of the molecule is COC(=O)C(=CNc1ccc(Oc2ccccc2)cc1)NC(=O)c1ccccc1. The van der Waals surface area contributed by atoms with Crippen LogP contribution in [0.1, 0.15) is 10.4 Å². The van der Waals surface area contributed by atoms with Crippen LogP contribution >= 0.6 is 0 Å². The first-order chi connectivity index (χ1) is 14.2. The molecule has 1 amide bonds. The average Bonchev–Trinajstić information content (AvgIpc) is 2.78. The van der Waals surface area contributed by atoms with E-state index in [1.165, 1.54) is 13.3 Å². The van der Waals surface area contributed by atoms with Gasteiger partial charge in [0.1, 0.15) is 17.2 Å². The molecule has 0 bridgehead atoms. The van der Waals surface area contributed by atoms with E-state index < -0.39 is 11.9 Å². The number of ether oxygens (including phenoxy) is 2. The van der Waals surface area contributed by atoms with Crippen molar-refractivity contribution in [3.63, 3.8) is 0 Å². The third-order valence-electron chi connectivity index (χ3n) is 3.91. The molecule has 6 heteroatoms. The second kappa shape index (κ2) is 9.75. The van der Waals surface area contributed by atoms with Gasteiger partial charge in [-0.1, -0.05) is 36.4 Å². The van der Waals surface area contributed by atoms with E-state index in [1.54, 1.807) is 54.6 Å². The maximum absolute atomic E-state index is 12.3. The molecule has 0 aliphatic rings. The van der Waals surface area contributed by atoms with Crippen LogP contribution in [0.25, 0.3) is 0 Å². The van der Waals surface area contributed by atoms with Crippen LogP contribution in [-0.2, 0) is 9.53 Å². The Morgan fingerprint density at radius 3 is 2.00 bits per heavy atom. The number of rotatable bonds is 7. The molecule has 0 spiro atoms. The number of benzene rings is 3. The van der Waals surface area contributed by atoms with Crippen LogP contribution < -0.4 is 15.4 Å². The van der Waals surface area contributed by atoms with Crippen molar-refractivity contribution in [2.75, 3.05) is 12.4 Å². The molecule has 3 aromatic rings. The predicted octanol–water partition coefficient (Wildman–Crippen LogP) is 4.34. The van der Waals surface area contributed by atoms with Crippen LogP contribution in [0.2, 0.25) is 0 Å². The highest BCUT2D eigenvalue weighted by atomic mass is 16.5. The first kappa shape index (κ1) is 19.7. The highest BCUT2D eigenvalue weighted by Crippen LogP contribution is 2.22. The number of nitrogens with one attached hydrogen (secondary N) is 2. The minimum Gasteiger partial charge on any atom is -0.464 e. The molecule has 0 heterocycles. The van der Waals surface area contributed by atoms with Gasteiger partial charge >= 0.3 is 5.97 Å². The molecular formula is C23H20N2O4. The van der Waals surface area contributed by atoms with E-state index in [0.717, 1.165) is 5.75 Å². The van der Waals surface area contributed by atoms with Gasteiger partial charge in [-0.3, -0.25) is 4.79 Å². The molecule has 0 saturated heterocycles. The van der Waals surface area contributed by atoms with Crippen molar-refractivity contribution in [1.29, 1.82) is 0 Å². The van der Waals surface area contributed by atoms with Gasteiger partial charge in [0.15, 0.2) is 0 Å². The zero-order valence-electron chi connectivity index (χ0n) is 15.8. The van der Waals surface area contributed by atoms with Crippen LogP contribution in [0.3, 0.4) is 0 Å². The zero-order chi connectivity index (χ0) is 20.5. The van der Waals surface area contributed by atoms with E-state index in [9.17, 15) is 9.59 Å². The van der Waals surface area contributed by atoms with Crippen LogP contribution in [0.4, 0.5) is 5.69 Å². The lowest BCUT2D eigenvalue weighted by Gasteiger charge is -2.10. The Hall–Kier alpha value is -4.06. The lowest BCUT2D eigenvalue weighted by atomic mass is 10.2. The molecule has 2 N–H and O–H groups in total. The van der Waals surface area contributed by atoms with Crippen molar-refractivity contribution < 1.29 is 19.1 Å². The van der Waals surface area contributed by atoms with Gasteiger partial charge in [-0.25, -0.2) is 4.79 Å². The quantitative estimate of drug-likeness (QED) is 0.465. The van der Waals surface area contributed by atoms with Crippen LogP contribution in [0.5, 0.6) is 11.5 Å². The van der Waals surface area contributed by atoms with Crippen molar-refractivity contribution in [2.45, 2.75) is 0 Å². The minimum atomic E-state index is -0.661. The fraction of sp³-hybridized carbons (Fsp3) is 0.0435. The van der Waals surface area contributed by atoms with Crippen molar-refractivity contribution in [1.82, 2.24) is 5.32 Å². The number of esters is 1. The largest absolute Gasteiger partial charge is 0.464 e. The molecule has 0 fully saturated rings. The maximum atomic E-state index is 12.3. The summed E-state index contributed by atoms with van der Waals surface area (Å²) in [6, 6.07) is 25.2. The number of hydrogen-bond donors (Lipinski definition) is 2. The molecule has 0 radical (unpaired) electrons. The smallest absolute Gasteiger partial charge is 0.356 e. The van der Waals surface area contributed by atoms with Gasteiger partial charge in [0.05, 0.1) is 7.11 Å². The Morgan fingerprint density at radius 1 is 0.793 bits per heavy atom. The maximum Gasteiger partial charge on any atom is 0.356 e. The number of para-hydroxylation sites is 1. The Kier molecular flexibility index (Phi) is 6.62. The third kappa shape index (κ3) is 5.71. The summed E-state index contributed by atoms with van der Waals surface area (Å²) in [5, 5.41) is 5.53. The molecule has 146 valence electrons. The fourth-order valence-electron chi connectivity index (χ4n) is 2.44. The number of amides is 1. The van der Waals surface area contributed by atoms with Gasteiger partial charge in [-0.15, -0.1) is 0 Å². The van der Waals surface area contributed by atoms with Crippen LogP contribution in [0, 0.1) is 0 Å². The highest BCUT2D eigenvalue weighted by Gasteiger charge is 2.14. The van der Waals surface area contributed by atoms with Crippen molar-refractivity contribution in [3.05, 3.63) is 102 Å². The average molecular weight is 388 g/mol. The molecule has 0 aliphatic carbocycles. The number of carbonyl (C=O) groups excluding carboxylic acids is 2. The van der Waals surface area contributed by atoms with Gasteiger partial charge in [0, 0.05) is 17.5 Å². The minimum absolute atomic E-state index is 0.00837. The summed E-state index contributed by atoms with van der Waals surface area (Å²) < 4.78 is 10.5. The summed E-state index contributed by atoms with van der Waals surface area (Å²) in [4.78, 5) is 24.3. The Balaban J connectivity index is 1.67. The topological polar surface area (TPSA) is 76.7 Å². The number of hydrogen-bond acceptors (Lipinski definition) is 5. The molecule has 0 atom stereocenters. The summed E-state index contributed by atoms with van der Waals surface area (Å²) in [7, 11) is 1.25. The van der Waals surface area contributed by atoms with Gasteiger partial charge in [0.2, 0.25) is 0 Å². The van der Waals surface area contributed by atoms with E-state index in [2.05, 4.69) is 10.6 Å². The molecule has 0 aromatic heterocycles. The van der Waals surface area contributed by atoms with Gasteiger partial charge in [0.25, 0.3) is 5.91 Å². The molecule has 6 nitrogen and oxygen atoms in total. The summed E-state index contributed by atoms with van der Waals surface area (Å²) in [6.45, 7) is 0. The van der Waals surface area contributed by atoms with Crippen molar-refractivity contribution >= 4 is 17.6 Å². The summed E-state index contributed by atoms with van der Waals surface area (Å²) in [5.41, 5.74) is 1.14. The Morgan fingerprint density at radius 2 is 1.38 bits per heavy atom. The van der Waals surface area contributed by atoms with E-state index >= 15 is 0 Å². The normalized spacial score (nSPS) is 10.7. The third-order valence-corrected chi connectivity index (χ3v) is 3.91. The second-order valence-corrected chi connectivity index (χ2v) is 5.95. The van der Waals surface area contributed by atoms with Crippen LogP contribution in [-0.4, -0.2) is 19.0 Å². The number of carbonyl (C=O) groups is 2. The zero-order valence-corrected chi connectivity index (χ0v) is 15.8. The monoisotopic (exact) mass is 388 g/mol. The van der Waals surface area contributed by atoms with Gasteiger partial charge in [-0.05, 0) is 48.5 Å². The summed E-state index contributed by atoms with van der Waals surface area (Å²) in [6.07, 6.45) is 1.39. The molecular weight excluding hydrogens is 368 g/mol. The lowest BCUT2D eigenvalue weighted by molar-refractivity contribution is -0.136. The second-order valence-electron chi connectivity index (χ2n) is 5.95. The fourth-order valence-corrected chi connectivity index (χ4v) is 2.44. The van der Waals surface area contributed by atoms with E-state index in [4.69, 9.17) is 9.47 Å². The highest BCUT2D eigenvalue weighted by molar-refractivity contribution is 6.01. The van der Waals surface area contributed by atoms with Crippen molar-refractivity contribution in [3.8, 4) is 11.5 Å². The van der Waals surface area contributed by atoms with E-state index in [1.807, 2.05) is 30.3 Å². The molecule has 0 aliphatic heterocycles. The standard InChI is InChI=1S/C23H20N2O4/c1-28-23(27)21(25-22(26)17-8-4-2-5-9-17)16-24-18-12-14-20(15-13-18)29-19-10-6-3-7-11-19/h2-16,24H,1H3,(H,25,26). The van der Waals surface area contributed by atoms with Gasteiger partial charge in [-0.2, -0.15) is 0 Å². The predicted molar refractivity (Wildman–Crippen MR) is 111 cm³/mol. The molecule has 29 heavy (non-hydrogen) atoms. The van der Waals surface area contributed by atoms with Crippen LogP contribution in [0.15, 0.2) is 96.8 Å². The number of methoxy groups -OCH3 is 1. The Bertz CT molecular complexity index is 984. The first-order valence-electron chi connectivity index (χ1n) is 8.90. The number of anilines is 1. The molecule has 3 rings (SSSR count).